The summed E-state index contributed by atoms with van der Waals surface area (Å²) in [5, 5.41) is 0.0130. The molecule has 2 rings (SSSR count). The Morgan fingerprint density at radius 1 is 1.43 bits per heavy atom. The first kappa shape index (κ1) is 17.1. The van der Waals surface area contributed by atoms with Crippen LogP contribution < -0.4 is 10.5 Å². The van der Waals surface area contributed by atoms with Gasteiger partial charge in [-0.2, -0.15) is 0 Å². The number of nitrogens with one attached hydrogen (secondary N) is 1. The molecular formula is C11H13BrClFN2O3S2. The van der Waals surface area contributed by atoms with E-state index in [1.807, 2.05) is 0 Å². The van der Waals surface area contributed by atoms with Gasteiger partial charge in [0.05, 0.1) is 15.2 Å². The van der Waals surface area contributed by atoms with Crippen molar-refractivity contribution >= 4 is 54.0 Å². The van der Waals surface area contributed by atoms with Gasteiger partial charge in [-0.25, -0.2) is 17.5 Å². The smallest absolute Gasteiger partial charge is 0.243 e. The molecule has 0 spiro atoms. The SMILES string of the molecule is Nc1c(F)c(S(=O)(=O)NC2CCS(=O)CC2)cc(Cl)c1Br. The lowest BCUT2D eigenvalue weighted by molar-refractivity contribution is 0.514. The Bertz CT molecular complexity index is 689. The van der Waals surface area contributed by atoms with Gasteiger partial charge in [0.15, 0.2) is 5.82 Å². The lowest BCUT2D eigenvalue weighted by Crippen LogP contribution is -2.39. The third-order valence-corrected chi connectivity index (χ3v) is 7.44. The predicted octanol–water partition coefficient (Wildman–Crippen LogP) is 2.01. The molecule has 1 aliphatic rings. The second kappa shape index (κ2) is 6.49. The Balaban J connectivity index is 2.30. The first-order valence-corrected chi connectivity index (χ1v) is 10.2. The molecule has 118 valence electrons. The van der Waals surface area contributed by atoms with Gasteiger partial charge in [0.25, 0.3) is 0 Å². The fourth-order valence-electron chi connectivity index (χ4n) is 1.99. The summed E-state index contributed by atoms with van der Waals surface area (Å²) < 4.78 is 52.4. The minimum Gasteiger partial charge on any atom is -0.395 e. The summed E-state index contributed by atoms with van der Waals surface area (Å²) in [6.45, 7) is 0. The van der Waals surface area contributed by atoms with Gasteiger partial charge >= 0.3 is 0 Å². The molecule has 0 aromatic heterocycles. The van der Waals surface area contributed by atoms with Crippen molar-refractivity contribution in [2.24, 2.45) is 0 Å². The molecule has 1 aromatic carbocycles. The zero-order chi connectivity index (χ0) is 15.8. The Morgan fingerprint density at radius 3 is 2.57 bits per heavy atom. The van der Waals surface area contributed by atoms with Gasteiger partial charge in [-0.1, -0.05) is 11.6 Å². The molecule has 21 heavy (non-hydrogen) atoms. The van der Waals surface area contributed by atoms with Crippen LogP contribution >= 0.6 is 27.5 Å². The summed E-state index contributed by atoms with van der Waals surface area (Å²) in [4.78, 5) is -0.583. The van der Waals surface area contributed by atoms with Gasteiger partial charge in [-0.15, -0.1) is 0 Å². The topological polar surface area (TPSA) is 89.3 Å². The van der Waals surface area contributed by atoms with Crippen molar-refractivity contribution in [1.82, 2.24) is 4.72 Å². The third-order valence-electron chi connectivity index (χ3n) is 3.16. The fourth-order valence-corrected chi connectivity index (χ4v) is 5.27. The molecule has 5 nitrogen and oxygen atoms in total. The molecule has 0 bridgehead atoms. The monoisotopic (exact) mass is 418 g/mol. The van der Waals surface area contributed by atoms with Crippen molar-refractivity contribution < 1.29 is 17.0 Å². The third kappa shape index (κ3) is 3.76. The molecule has 1 saturated heterocycles. The normalized spacial score (nSPS) is 23.2. The van der Waals surface area contributed by atoms with Gasteiger partial charge in [-0.05, 0) is 34.8 Å². The number of sulfonamides is 1. The Labute approximate surface area is 138 Å². The van der Waals surface area contributed by atoms with Crippen LogP contribution in [0, 0.1) is 5.82 Å². The average molecular weight is 420 g/mol. The standard InChI is InChI=1S/C11H13BrClFN2O3S2/c12-9-7(13)5-8(10(14)11(9)15)21(18,19)16-6-1-3-20(17)4-2-6/h5-6,16H,1-4,15H2. The lowest BCUT2D eigenvalue weighted by atomic mass is 10.2. The van der Waals surface area contributed by atoms with Crippen molar-refractivity contribution in [3.8, 4) is 0 Å². The van der Waals surface area contributed by atoms with Crippen molar-refractivity contribution in [2.45, 2.75) is 23.8 Å². The predicted molar refractivity (Wildman–Crippen MR) is 84.7 cm³/mol. The van der Waals surface area contributed by atoms with Crippen LogP contribution in [-0.2, 0) is 20.8 Å². The van der Waals surface area contributed by atoms with E-state index in [0.717, 1.165) is 6.07 Å². The highest BCUT2D eigenvalue weighted by molar-refractivity contribution is 9.10. The lowest BCUT2D eigenvalue weighted by Gasteiger charge is -2.22. The highest BCUT2D eigenvalue weighted by Crippen LogP contribution is 2.34. The molecule has 0 atom stereocenters. The van der Waals surface area contributed by atoms with Crippen LogP contribution in [0.25, 0.3) is 0 Å². The molecule has 3 N–H and O–H groups in total. The highest BCUT2D eigenvalue weighted by atomic mass is 79.9. The van der Waals surface area contributed by atoms with E-state index in [1.54, 1.807) is 0 Å². The Hall–Kier alpha value is -0.220. The minimum absolute atomic E-state index is 0.0130. The highest BCUT2D eigenvalue weighted by Gasteiger charge is 2.28. The molecule has 0 saturated carbocycles. The molecule has 1 heterocycles. The number of rotatable bonds is 3. The van der Waals surface area contributed by atoms with Crippen molar-refractivity contribution in [2.75, 3.05) is 17.2 Å². The van der Waals surface area contributed by atoms with Crippen LogP contribution in [0.5, 0.6) is 0 Å². The molecule has 0 amide bonds. The van der Waals surface area contributed by atoms with Crippen LogP contribution in [0.1, 0.15) is 12.8 Å². The van der Waals surface area contributed by atoms with Crippen molar-refractivity contribution in [3.63, 3.8) is 0 Å². The molecule has 10 heteroatoms. The summed E-state index contributed by atoms with van der Waals surface area (Å²) in [7, 11) is -4.98. The van der Waals surface area contributed by atoms with Crippen LogP contribution in [0.2, 0.25) is 5.02 Å². The Kier molecular flexibility index (Phi) is 5.30. The maximum atomic E-state index is 14.1. The molecule has 1 fully saturated rings. The van der Waals surface area contributed by atoms with Crippen LogP contribution in [-0.4, -0.2) is 30.2 Å². The summed E-state index contributed by atoms with van der Waals surface area (Å²) in [6.07, 6.45) is 0.903. The number of nitrogens with two attached hydrogens (primary N) is 1. The van der Waals surface area contributed by atoms with E-state index in [4.69, 9.17) is 17.3 Å². The van der Waals surface area contributed by atoms with E-state index in [9.17, 15) is 17.0 Å². The number of hydrogen-bond acceptors (Lipinski definition) is 4. The molecular weight excluding hydrogens is 407 g/mol. The maximum absolute atomic E-state index is 14.1. The largest absolute Gasteiger partial charge is 0.395 e. The molecule has 1 aliphatic heterocycles. The average Bonchev–Trinajstić information content (AvgIpc) is 2.42. The van der Waals surface area contributed by atoms with Gasteiger partial charge in [0.1, 0.15) is 4.90 Å². The van der Waals surface area contributed by atoms with Crippen molar-refractivity contribution in [1.29, 1.82) is 0 Å². The van der Waals surface area contributed by atoms with Gasteiger partial charge in [0, 0.05) is 28.3 Å². The summed E-state index contributed by atoms with van der Waals surface area (Å²) in [5.74, 6) is -0.184. The van der Waals surface area contributed by atoms with E-state index in [2.05, 4.69) is 20.7 Å². The molecule has 0 unspecified atom stereocenters. The molecule has 1 aromatic rings. The van der Waals surface area contributed by atoms with Crippen LogP contribution in [0.3, 0.4) is 0 Å². The second-order valence-corrected chi connectivity index (χ2v) is 9.22. The summed E-state index contributed by atoms with van der Waals surface area (Å²) in [6, 6.07) is 0.649. The molecule has 0 radical (unpaired) electrons. The molecule has 0 aliphatic carbocycles. The van der Waals surface area contributed by atoms with E-state index >= 15 is 0 Å². The van der Waals surface area contributed by atoms with Crippen LogP contribution in [0.15, 0.2) is 15.4 Å². The minimum atomic E-state index is -4.08. The number of halogens is 3. The zero-order valence-corrected chi connectivity index (χ0v) is 14.7. The number of benzene rings is 1. The number of hydrogen-bond donors (Lipinski definition) is 2. The summed E-state index contributed by atoms with van der Waals surface area (Å²) in [5.41, 5.74) is 5.14. The van der Waals surface area contributed by atoms with Crippen molar-refractivity contribution in [3.05, 3.63) is 21.4 Å². The zero-order valence-electron chi connectivity index (χ0n) is 10.7. The first-order valence-electron chi connectivity index (χ1n) is 6.02. The Morgan fingerprint density at radius 2 is 2.00 bits per heavy atom. The van der Waals surface area contributed by atoms with Crippen LogP contribution in [0.4, 0.5) is 10.1 Å². The van der Waals surface area contributed by atoms with E-state index in [0.29, 0.717) is 24.3 Å². The first-order chi connectivity index (χ1) is 9.72. The van der Waals surface area contributed by atoms with E-state index in [-0.39, 0.29) is 21.2 Å². The van der Waals surface area contributed by atoms with Gasteiger partial charge in [-0.3, -0.25) is 4.21 Å². The van der Waals surface area contributed by atoms with Gasteiger partial charge < -0.3 is 5.73 Å². The maximum Gasteiger partial charge on any atom is 0.243 e. The second-order valence-electron chi connectivity index (χ2n) is 4.64. The fraction of sp³-hybridized carbons (Fsp3) is 0.455. The van der Waals surface area contributed by atoms with E-state index in [1.165, 1.54) is 0 Å². The van der Waals surface area contributed by atoms with Gasteiger partial charge in [0.2, 0.25) is 10.0 Å². The number of nitrogen functional groups attached to an aromatic ring is 1. The number of anilines is 1. The summed E-state index contributed by atoms with van der Waals surface area (Å²) >= 11 is 8.82. The van der Waals surface area contributed by atoms with E-state index < -0.39 is 31.5 Å². The quantitative estimate of drug-likeness (QED) is 0.579.